The molecule has 23 heavy (non-hydrogen) atoms. The number of amides is 3. The Hall–Kier alpha value is -1.79. The Kier molecular flexibility index (Phi) is 5.49. The molecule has 1 aliphatic rings. The van der Waals surface area contributed by atoms with Crippen LogP contribution in [0.2, 0.25) is 5.02 Å². The molecule has 6 nitrogen and oxygen atoms in total. The van der Waals surface area contributed by atoms with Crippen molar-refractivity contribution in [2.24, 2.45) is 5.73 Å². The van der Waals surface area contributed by atoms with E-state index >= 15 is 0 Å². The van der Waals surface area contributed by atoms with Crippen molar-refractivity contribution in [1.82, 2.24) is 10.6 Å². The minimum absolute atomic E-state index is 0.206. The maximum atomic E-state index is 12.4. The van der Waals surface area contributed by atoms with Crippen LogP contribution < -0.4 is 21.3 Å². The number of carbonyl (C=O) groups excluding carboxylic acids is 2. The number of carbonyl (C=O) groups is 2. The van der Waals surface area contributed by atoms with Crippen molar-refractivity contribution < 1.29 is 9.59 Å². The lowest BCUT2D eigenvalue weighted by molar-refractivity contribution is 0.0942. The number of benzene rings is 1. The minimum Gasteiger partial charge on any atom is -0.350 e. The van der Waals surface area contributed by atoms with Gasteiger partial charge in [0.25, 0.3) is 5.91 Å². The number of halogens is 1. The van der Waals surface area contributed by atoms with Gasteiger partial charge in [0, 0.05) is 30.7 Å². The van der Waals surface area contributed by atoms with E-state index in [1.165, 1.54) is 4.90 Å². The molecule has 0 aliphatic carbocycles. The highest BCUT2D eigenvalue weighted by Gasteiger charge is 2.25. The Balaban J connectivity index is 2.14. The molecule has 0 saturated carbocycles. The average molecular weight is 339 g/mol. The Morgan fingerprint density at radius 3 is 2.70 bits per heavy atom. The van der Waals surface area contributed by atoms with E-state index in [1.54, 1.807) is 18.2 Å². The molecule has 0 radical (unpaired) electrons. The van der Waals surface area contributed by atoms with Gasteiger partial charge in [-0.1, -0.05) is 25.4 Å². The van der Waals surface area contributed by atoms with Crippen molar-refractivity contribution >= 4 is 29.2 Å². The summed E-state index contributed by atoms with van der Waals surface area (Å²) in [4.78, 5) is 25.7. The van der Waals surface area contributed by atoms with Crippen LogP contribution >= 0.6 is 11.6 Å². The second-order valence-electron chi connectivity index (χ2n) is 5.80. The lowest BCUT2D eigenvalue weighted by atomic mass is 9.94. The fourth-order valence-corrected chi connectivity index (χ4v) is 2.64. The molecule has 0 aromatic heterocycles. The molecule has 1 aromatic carbocycles. The SMILES string of the molecule is CCC(N)(CC)CNC(=O)c1ccc(Cl)c(N2CCNC2=O)c1. The summed E-state index contributed by atoms with van der Waals surface area (Å²) in [5.74, 6) is -0.223. The van der Waals surface area contributed by atoms with Gasteiger partial charge in [-0.15, -0.1) is 0 Å². The highest BCUT2D eigenvalue weighted by atomic mass is 35.5. The van der Waals surface area contributed by atoms with Crippen LogP contribution in [-0.2, 0) is 0 Å². The molecule has 1 aliphatic heterocycles. The number of nitrogens with two attached hydrogens (primary N) is 1. The van der Waals surface area contributed by atoms with Crippen LogP contribution in [0.4, 0.5) is 10.5 Å². The third kappa shape index (κ3) is 3.95. The normalized spacial score (nSPS) is 14.8. The van der Waals surface area contributed by atoms with Gasteiger partial charge in [-0.2, -0.15) is 0 Å². The van der Waals surface area contributed by atoms with Gasteiger partial charge in [-0.25, -0.2) is 4.79 Å². The fourth-order valence-electron chi connectivity index (χ4n) is 2.42. The van der Waals surface area contributed by atoms with Crippen LogP contribution in [0, 0.1) is 0 Å². The molecular weight excluding hydrogens is 316 g/mol. The van der Waals surface area contributed by atoms with E-state index < -0.39 is 5.54 Å². The van der Waals surface area contributed by atoms with E-state index in [4.69, 9.17) is 17.3 Å². The predicted octanol–water partition coefficient (Wildman–Crippen LogP) is 2.12. The number of anilines is 1. The van der Waals surface area contributed by atoms with E-state index in [0.29, 0.717) is 35.9 Å². The van der Waals surface area contributed by atoms with Crippen LogP contribution in [0.3, 0.4) is 0 Å². The second-order valence-corrected chi connectivity index (χ2v) is 6.21. The van der Waals surface area contributed by atoms with Crippen molar-refractivity contribution in [3.8, 4) is 0 Å². The molecule has 2 rings (SSSR count). The number of urea groups is 1. The minimum atomic E-state index is -0.403. The zero-order valence-corrected chi connectivity index (χ0v) is 14.2. The molecule has 4 N–H and O–H groups in total. The molecule has 0 atom stereocenters. The quantitative estimate of drug-likeness (QED) is 0.742. The van der Waals surface area contributed by atoms with Gasteiger partial charge in [0.1, 0.15) is 0 Å². The maximum absolute atomic E-state index is 12.4. The van der Waals surface area contributed by atoms with Gasteiger partial charge < -0.3 is 16.4 Å². The standard InChI is InChI=1S/C16H23ClN4O2/c1-3-16(18,4-2)10-20-14(22)11-5-6-12(17)13(9-11)21-8-7-19-15(21)23/h5-6,9H,3-4,7-8,10,18H2,1-2H3,(H,19,23)(H,20,22). The predicted molar refractivity (Wildman–Crippen MR) is 92.0 cm³/mol. The fraction of sp³-hybridized carbons (Fsp3) is 0.500. The third-order valence-electron chi connectivity index (χ3n) is 4.37. The first-order chi connectivity index (χ1) is 10.9. The van der Waals surface area contributed by atoms with Crippen LogP contribution in [0.1, 0.15) is 37.0 Å². The average Bonchev–Trinajstić information content (AvgIpc) is 2.98. The molecule has 1 aromatic rings. The van der Waals surface area contributed by atoms with Crippen LogP contribution in [0.5, 0.6) is 0 Å². The monoisotopic (exact) mass is 338 g/mol. The largest absolute Gasteiger partial charge is 0.350 e. The van der Waals surface area contributed by atoms with Crippen molar-refractivity contribution in [2.75, 3.05) is 24.5 Å². The van der Waals surface area contributed by atoms with Gasteiger partial charge in [0.15, 0.2) is 0 Å². The summed E-state index contributed by atoms with van der Waals surface area (Å²) in [7, 11) is 0. The summed E-state index contributed by atoms with van der Waals surface area (Å²) in [5, 5.41) is 6.02. The van der Waals surface area contributed by atoms with E-state index in [9.17, 15) is 9.59 Å². The molecule has 0 spiro atoms. The summed E-state index contributed by atoms with van der Waals surface area (Å²) in [6.07, 6.45) is 1.56. The Morgan fingerprint density at radius 1 is 1.43 bits per heavy atom. The third-order valence-corrected chi connectivity index (χ3v) is 4.68. The summed E-state index contributed by atoms with van der Waals surface area (Å²) in [5.41, 5.74) is 6.79. The number of hydrogen-bond donors (Lipinski definition) is 3. The summed E-state index contributed by atoms with van der Waals surface area (Å²) in [6.45, 7) is 5.50. The lowest BCUT2D eigenvalue weighted by Gasteiger charge is -2.27. The molecule has 1 saturated heterocycles. The molecule has 7 heteroatoms. The van der Waals surface area contributed by atoms with Crippen molar-refractivity contribution in [1.29, 1.82) is 0 Å². The van der Waals surface area contributed by atoms with Crippen molar-refractivity contribution in [2.45, 2.75) is 32.2 Å². The number of nitrogens with zero attached hydrogens (tertiary/aromatic N) is 1. The molecule has 0 unspecified atom stereocenters. The van der Waals surface area contributed by atoms with E-state index in [0.717, 1.165) is 12.8 Å². The van der Waals surface area contributed by atoms with Crippen LogP contribution in [0.15, 0.2) is 18.2 Å². The first kappa shape index (κ1) is 17.6. The summed E-state index contributed by atoms with van der Waals surface area (Å²) in [6, 6.07) is 4.71. The zero-order chi connectivity index (χ0) is 17.0. The van der Waals surface area contributed by atoms with Crippen LogP contribution in [0.25, 0.3) is 0 Å². The van der Waals surface area contributed by atoms with E-state index in [-0.39, 0.29) is 11.9 Å². The maximum Gasteiger partial charge on any atom is 0.322 e. The number of hydrogen-bond acceptors (Lipinski definition) is 3. The Bertz CT molecular complexity index is 602. The highest BCUT2D eigenvalue weighted by Crippen LogP contribution is 2.28. The second kappa shape index (κ2) is 7.19. The molecule has 1 fully saturated rings. The van der Waals surface area contributed by atoms with Gasteiger partial charge in [-0.05, 0) is 31.0 Å². The van der Waals surface area contributed by atoms with Crippen molar-refractivity contribution in [3.05, 3.63) is 28.8 Å². The van der Waals surface area contributed by atoms with Gasteiger partial charge >= 0.3 is 6.03 Å². The van der Waals surface area contributed by atoms with Crippen molar-refractivity contribution in [3.63, 3.8) is 0 Å². The first-order valence-electron chi connectivity index (χ1n) is 7.82. The first-order valence-corrected chi connectivity index (χ1v) is 8.20. The molecule has 0 bridgehead atoms. The Morgan fingerprint density at radius 2 is 2.13 bits per heavy atom. The van der Waals surface area contributed by atoms with Gasteiger partial charge in [0.2, 0.25) is 0 Å². The van der Waals surface area contributed by atoms with Crippen LogP contribution in [-0.4, -0.2) is 37.1 Å². The zero-order valence-electron chi connectivity index (χ0n) is 13.5. The number of nitrogens with one attached hydrogen (secondary N) is 2. The molecule has 1 heterocycles. The van der Waals surface area contributed by atoms with Gasteiger partial charge in [0.05, 0.1) is 10.7 Å². The smallest absolute Gasteiger partial charge is 0.322 e. The lowest BCUT2D eigenvalue weighted by Crippen LogP contribution is -2.49. The topological polar surface area (TPSA) is 87.5 Å². The van der Waals surface area contributed by atoms with E-state index in [1.807, 2.05) is 13.8 Å². The molecule has 126 valence electrons. The summed E-state index contributed by atoms with van der Waals surface area (Å²) >= 11 is 6.17. The summed E-state index contributed by atoms with van der Waals surface area (Å²) < 4.78 is 0. The Labute approximate surface area is 141 Å². The molecular formula is C16H23ClN4O2. The highest BCUT2D eigenvalue weighted by molar-refractivity contribution is 6.34. The van der Waals surface area contributed by atoms with E-state index in [2.05, 4.69) is 10.6 Å². The van der Waals surface area contributed by atoms with Gasteiger partial charge in [-0.3, -0.25) is 9.69 Å². The number of rotatable bonds is 6. The molecule has 3 amide bonds.